The highest BCUT2D eigenvalue weighted by atomic mass is 35.5. The highest BCUT2D eigenvalue weighted by Crippen LogP contribution is 2.19. The number of halogens is 1. The molecule has 26 heavy (non-hydrogen) atoms. The van der Waals surface area contributed by atoms with Crippen LogP contribution in [-0.4, -0.2) is 22.1 Å². The molecule has 0 N–H and O–H groups in total. The summed E-state index contributed by atoms with van der Waals surface area (Å²) in [6, 6.07) is 8.63. The molecule has 2 heterocycles. The van der Waals surface area contributed by atoms with Gasteiger partial charge in [0.15, 0.2) is 0 Å². The number of fused-ring (bicyclic) bond motifs is 1. The first-order valence-electron chi connectivity index (χ1n) is 8.17. The summed E-state index contributed by atoms with van der Waals surface area (Å²) >= 11 is 7.26. The Bertz CT molecular complexity index is 1080. The van der Waals surface area contributed by atoms with E-state index in [1.807, 2.05) is 6.92 Å². The van der Waals surface area contributed by atoms with Crippen LogP contribution in [0.3, 0.4) is 0 Å². The zero-order chi connectivity index (χ0) is 18.8. The lowest BCUT2D eigenvalue weighted by Crippen LogP contribution is -2.42. The van der Waals surface area contributed by atoms with Crippen molar-refractivity contribution in [2.45, 2.75) is 26.4 Å². The lowest BCUT2D eigenvalue weighted by molar-refractivity contribution is -0.118. The number of carbonyl (C=O) groups is 1. The minimum absolute atomic E-state index is 0.154. The van der Waals surface area contributed by atoms with Gasteiger partial charge >= 0.3 is 5.69 Å². The Morgan fingerprint density at radius 1 is 1.23 bits per heavy atom. The minimum Gasteiger partial charge on any atom is -0.314 e. The van der Waals surface area contributed by atoms with Crippen molar-refractivity contribution in [2.75, 3.05) is 11.9 Å². The minimum atomic E-state index is -0.462. The fourth-order valence-corrected chi connectivity index (χ4v) is 3.80. The predicted octanol–water partition coefficient (Wildman–Crippen LogP) is 2.95. The number of benzene rings is 1. The molecule has 0 atom stereocenters. The van der Waals surface area contributed by atoms with Crippen LogP contribution >= 0.6 is 22.9 Å². The Labute approximate surface area is 158 Å². The normalized spacial score (nSPS) is 11.0. The Hall–Kier alpha value is -2.38. The monoisotopic (exact) mass is 391 g/mol. The standard InChI is InChI=1S/C18H18ClN3O3S/c1-3-8-21-17(24)16-14(7-9-26-16)22(18(21)25)11-15(23)20(2)13-6-4-5-12(19)10-13/h4-7,9-10H,3,8,11H2,1-2H3. The van der Waals surface area contributed by atoms with Crippen molar-refractivity contribution in [3.05, 3.63) is 61.6 Å². The van der Waals surface area contributed by atoms with Crippen LogP contribution in [0.25, 0.3) is 10.2 Å². The van der Waals surface area contributed by atoms with Gasteiger partial charge in [0.05, 0.1) is 5.52 Å². The van der Waals surface area contributed by atoms with E-state index in [0.29, 0.717) is 33.9 Å². The molecule has 3 rings (SSSR count). The second kappa shape index (κ2) is 7.47. The van der Waals surface area contributed by atoms with E-state index in [1.165, 1.54) is 25.4 Å². The summed E-state index contributed by atoms with van der Waals surface area (Å²) in [4.78, 5) is 39.4. The topological polar surface area (TPSA) is 64.3 Å². The maximum atomic E-state index is 12.8. The van der Waals surface area contributed by atoms with Gasteiger partial charge in [-0.25, -0.2) is 4.79 Å². The number of rotatable bonds is 5. The number of thiophene rings is 1. The molecule has 3 aromatic rings. The number of amides is 1. The summed E-state index contributed by atoms with van der Waals surface area (Å²) in [7, 11) is 1.63. The predicted molar refractivity (Wildman–Crippen MR) is 105 cm³/mol. The second-order valence-corrected chi connectivity index (χ2v) is 7.25. The highest BCUT2D eigenvalue weighted by Gasteiger charge is 2.18. The van der Waals surface area contributed by atoms with Crippen LogP contribution in [0.2, 0.25) is 5.02 Å². The van der Waals surface area contributed by atoms with E-state index < -0.39 is 5.69 Å². The Morgan fingerprint density at radius 3 is 2.69 bits per heavy atom. The third kappa shape index (κ3) is 3.32. The average molecular weight is 392 g/mol. The summed E-state index contributed by atoms with van der Waals surface area (Å²) in [5, 5.41) is 2.28. The molecule has 8 heteroatoms. The van der Waals surface area contributed by atoms with Crippen LogP contribution in [0.1, 0.15) is 13.3 Å². The van der Waals surface area contributed by atoms with Crippen LogP contribution in [0.4, 0.5) is 5.69 Å². The van der Waals surface area contributed by atoms with Crippen molar-refractivity contribution in [1.82, 2.24) is 9.13 Å². The molecule has 0 spiro atoms. The number of carbonyl (C=O) groups excluding carboxylic acids is 1. The second-order valence-electron chi connectivity index (χ2n) is 5.89. The van der Waals surface area contributed by atoms with Gasteiger partial charge in [0.1, 0.15) is 11.2 Å². The molecule has 0 unspecified atom stereocenters. The Morgan fingerprint density at radius 2 is 2.00 bits per heavy atom. The molecule has 136 valence electrons. The van der Waals surface area contributed by atoms with Crippen LogP contribution in [0.15, 0.2) is 45.3 Å². The maximum Gasteiger partial charge on any atom is 0.332 e. The lowest BCUT2D eigenvalue weighted by atomic mass is 10.3. The van der Waals surface area contributed by atoms with E-state index in [4.69, 9.17) is 11.6 Å². The van der Waals surface area contributed by atoms with Crippen LogP contribution in [0.5, 0.6) is 0 Å². The molecule has 6 nitrogen and oxygen atoms in total. The maximum absolute atomic E-state index is 12.8. The average Bonchev–Trinajstić information content (AvgIpc) is 3.11. The summed E-state index contributed by atoms with van der Waals surface area (Å²) < 4.78 is 3.05. The van der Waals surface area contributed by atoms with Crippen LogP contribution in [0, 0.1) is 0 Å². The zero-order valence-electron chi connectivity index (χ0n) is 14.4. The molecule has 1 amide bonds. The van der Waals surface area contributed by atoms with Gasteiger partial charge in [-0.1, -0.05) is 24.6 Å². The quantitative estimate of drug-likeness (QED) is 0.671. The number of nitrogens with zero attached hydrogens (tertiary/aromatic N) is 3. The molecule has 0 aliphatic heterocycles. The Kier molecular flexibility index (Phi) is 5.29. The highest BCUT2D eigenvalue weighted by molar-refractivity contribution is 7.17. The number of anilines is 1. The van der Waals surface area contributed by atoms with E-state index >= 15 is 0 Å². The third-order valence-corrected chi connectivity index (χ3v) is 5.27. The van der Waals surface area contributed by atoms with E-state index in [1.54, 1.807) is 42.8 Å². The molecular formula is C18H18ClN3O3S. The first-order chi connectivity index (χ1) is 12.4. The van der Waals surface area contributed by atoms with E-state index in [-0.39, 0.29) is 18.0 Å². The molecule has 0 aliphatic rings. The first-order valence-corrected chi connectivity index (χ1v) is 9.42. The van der Waals surface area contributed by atoms with Crippen LogP contribution in [-0.2, 0) is 17.9 Å². The fraction of sp³-hybridized carbons (Fsp3) is 0.278. The van der Waals surface area contributed by atoms with Crippen molar-refractivity contribution >= 4 is 44.7 Å². The molecular weight excluding hydrogens is 374 g/mol. The van der Waals surface area contributed by atoms with E-state index in [9.17, 15) is 14.4 Å². The molecule has 0 saturated carbocycles. The van der Waals surface area contributed by atoms with E-state index in [0.717, 1.165) is 0 Å². The summed E-state index contributed by atoms with van der Waals surface area (Å²) in [5.74, 6) is -0.274. The van der Waals surface area contributed by atoms with Gasteiger partial charge < -0.3 is 4.90 Å². The molecule has 0 bridgehead atoms. The molecule has 0 aliphatic carbocycles. The number of likely N-dealkylation sites (N-methyl/N-ethyl adjacent to an activating group) is 1. The third-order valence-electron chi connectivity index (χ3n) is 4.15. The van der Waals surface area contributed by atoms with Crippen molar-refractivity contribution in [2.24, 2.45) is 0 Å². The van der Waals surface area contributed by atoms with Gasteiger partial charge in [0, 0.05) is 24.3 Å². The van der Waals surface area contributed by atoms with Crippen molar-refractivity contribution < 1.29 is 4.79 Å². The number of aromatic nitrogens is 2. The summed E-state index contributed by atoms with van der Waals surface area (Å²) in [6.07, 6.45) is 0.655. The van der Waals surface area contributed by atoms with Gasteiger partial charge in [0.25, 0.3) is 5.56 Å². The smallest absolute Gasteiger partial charge is 0.314 e. The molecule has 0 radical (unpaired) electrons. The van der Waals surface area contributed by atoms with Gasteiger partial charge in [-0.05, 0) is 36.1 Å². The number of hydrogen-bond acceptors (Lipinski definition) is 4. The number of hydrogen-bond donors (Lipinski definition) is 0. The zero-order valence-corrected chi connectivity index (χ0v) is 16.0. The lowest BCUT2D eigenvalue weighted by Gasteiger charge is -2.19. The Balaban J connectivity index is 2.03. The SMILES string of the molecule is CCCn1c(=O)c2sccc2n(CC(=O)N(C)c2cccc(Cl)c2)c1=O. The van der Waals surface area contributed by atoms with Crippen molar-refractivity contribution in [3.63, 3.8) is 0 Å². The molecule has 0 saturated heterocycles. The molecule has 1 aromatic carbocycles. The van der Waals surface area contributed by atoms with Crippen molar-refractivity contribution in [1.29, 1.82) is 0 Å². The largest absolute Gasteiger partial charge is 0.332 e. The van der Waals surface area contributed by atoms with Gasteiger partial charge in [0.2, 0.25) is 5.91 Å². The van der Waals surface area contributed by atoms with Gasteiger partial charge in [-0.15, -0.1) is 11.3 Å². The molecule has 2 aromatic heterocycles. The van der Waals surface area contributed by atoms with E-state index in [2.05, 4.69) is 0 Å². The molecule has 0 fully saturated rings. The summed E-state index contributed by atoms with van der Waals surface area (Å²) in [6.45, 7) is 2.07. The summed E-state index contributed by atoms with van der Waals surface area (Å²) in [5.41, 5.74) is 0.369. The van der Waals surface area contributed by atoms with Crippen LogP contribution < -0.4 is 16.1 Å². The van der Waals surface area contributed by atoms with Gasteiger partial charge in [-0.3, -0.25) is 18.7 Å². The van der Waals surface area contributed by atoms with Gasteiger partial charge in [-0.2, -0.15) is 0 Å². The fourth-order valence-electron chi connectivity index (χ4n) is 2.78. The van der Waals surface area contributed by atoms with Crippen molar-refractivity contribution in [3.8, 4) is 0 Å². The first kappa shape index (κ1) is 18.4.